The van der Waals surface area contributed by atoms with Gasteiger partial charge in [0.15, 0.2) is 0 Å². The fourth-order valence-electron chi connectivity index (χ4n) is 3.55. The predicted molar refractivity (Wildman–Crippen MR) is 124 cm³/mol. The van der Waals surface area contributed by atoms with Crippen LogP contribution in [0.15, 0.2) is 42.5 Å². The number of carbonyl (C=O) groups excluding carboxylic acids is 2. The molecule has 1 saturated heterocycles. The Morgan fingerprint density at radius 2 is 1.69 bits per heavy atom. The number of piperidine rings is 1. The first-order valence-electron chi connectivity index (χ1n) is 10.2. The van der Waals surface area contributed by atoms with Crippen LogP contribution in [0, 0.1) is 5.92 Å². The number of esters is 1. The van der Waals surface area contributed by atoms with Gasteiger partial charge < -0.3 is 10.1 Å². The highest BCUT2D eigenvalue weighted by Gasteiger charge is 2.32. The van der Waals surface area contributed by atoms with Gasteiger partial charge in [0.1, 0.15) is 0 Å². The van der Waals surface area contributed by atoms with E-state index in [1.54, 1.807) is 49.4 Å². The summed E-state index contributed by atoms with van der Waals surface area (Å²) < 4.78 is 32.1. The Morgan fingerprint density at radius 3 is 2.31 bits per heavy atom. The van der Waals surface area contributed by atoms with Crippen LogP contribution >= 0.6 is 23.2 Å². The number of halogens is 2. The number of para-hydroxylation sites is 1. The molecule has 10 heteroatoms. The summed E-state index contributed by atoms with van der Waals surface area (Å²) in [6.45, 7) is 2.36. The lowest BCUT2D eigenvalue weighted by molar-refractivity contribution is -0.120. The van der Waals surface area contributed by atoms with Crippen molar-refractivity contribution < 1.29 is 22.7 Å². The van der Waals surface area contributed by atoms with Crippen LogP contribution in [-0.2, 0) is 25.3 Å². The van der Waals surface area contributed by atoms with Crippen molar-refractivity contribution in [3.05, 3.63) is 63.6 Å². The number of benzene rings is 2. The van der Waals surface area contributed by atoms with Gasteiger partial charge in [0.25, 0.3) is 0 Å². The fraction of sp³-hybridized carbons (Fsp3) is 0.364. The van der Waals surface area contributed by atoms with Gasteiger partial charge in [-0.3, -0.25) is 4.79 Å². The Kier molecular flexibility index (Phi) is 8.16. The van der Waals surface area contributed by atoms with Crippen LogP contribution in [0.2, 0.25) is 10.0 Å². The fourth-order valence-corrected chi connectivity index (χ4v) is 5.87. The zero-order valence-corrected chi connectivity index (χ0v) is 19.8. The minimum Gasteiger partial charge on any atom is -0.462 e. The SMILES string of the molecule is CCOC(=O)c1ccccc1NC(=O)C1CCN(S(=O)(=O)Cc2c(Cl)cccc2Cl)CC1. The van der Waals surface area contributed by atoms with E-state index in [1.165, 1.54) is 4.31 Å². The van der Waals surface area contributed by atoms with Gasteiger partial charge in [-0.1, -0.05) is 41.4 Å². The molecule has 0 aliphatic carbocycles. The number of rotatable bonds is 7. The minimum absolute atomic E-state index is 0.210. The molecule has 1 aliphatic rings. The zero-order chi connectivity index (χ0) is 23.3. The van der Waals surface area contributed by atoms with Gasteiger partial charge in [0, 0.05) is 34.6 Å². The van der Waals surface area contributed by atoms with Crippen molar-refractivity contribution in [2.24, 2.45) is 5.92 Å². The van der Waals surface area contributed by atoms with Gasteiger partial charge in [0.05, 0.1) is 23.6 Å². The summed E-state index contributed by atoms with van der Waals surface area (Å²) >= 11 is 12.2. The van der Waals surface area contributed by atoms with E-state index in [1.807, 2.05) is 0 Å². The quantitative estimate of drug-likeness (QED) is 0.572. The Hall–Kier alpha value is -2.13. The van der Waals surface area contributed by atoms with Gasteiger partial charge in [-0.05, 0) is 44.0 Å². The molecule has 1 N–H and O–H groups in total. The maximum absolute atomic E-state index is 12.9. The number of hydrogen-bond acceptors (Lipinski definition) is 5. The molecule has 0 aromatic heterocycles. The summed E-state index contributed by atoms with van der Waals surface area (Å²) in [5.41, 5.74) is 1.02. The lowest BCUT2D eigenvalue weighted by Gasteiger charge is -2.30. The largest absolute Gasteiger partial charge is 0.462 e. The molecule has 172 valence electrons. The topological polar surface area (TPSA) is 92.8 Å². The molecule has 0 bridgehead atoms. The van der Waals surface area contributed by atoms with Crippen LogP contribution in [0.3, 0.4) is 0 Å². The molecule has 1 heterocycles. The molecule has 0 radical (unpaired) electrons. The van der Waals surface area contributed by atoms with Crippen molar-refractivity contribution in [3.63, 3.8) is 0 Å². The third-order valence-corrected chi connectivity index (χ3v) is 7.80. The Labute approximate surface area is 197 Å². The van der Waals surface area contributed by atoms with Crippen LogP contribution in [0.4, 0.5) is 5.69 Å². The van der Waals surface area contributed by atoms with Crippen molar-refractivity contribution in [2.45, 2.75) is 25.5 Å². The molecule has 0 atom stereocenters. The van der Waals surface area contributed by atoms with E-state index in [0.717, 1.165) is 0 Å². The minimum atomic E-state index is -3.64. The highest BCUT2D eigenvalue weighted by Crippen LogP contribution is 2.29. The van der Waals surface area contributed by atoms with E-state index in [-0.39, 0.29) is 42.8 Å². The van der Waals surface area contributed by atoms with Gasteiger partial charge >= 0.3 is 5.97 Å². The van der Waals surface area contributed by atoms with Gasteiger partial charge in [0.2, 0.25) is 15.9 Å². The smallest absolute Gasteiger partial charge is 0.340 e. The lowest BCUT2D eigenvalue weighted by Crippen LogP contribution is -2.42. The van der Waals surface area contributed by atoms with Crippen LogP contribution in [-0.4, -0.2) is 44.3 Å². The maximum atomic E-state index is 12.9. The van der Waals surface area contributed by atoms with E-state index >= 15 is 0 Å². The highest BCUT2D eigenvalue weighted by atomic mass is 35.5. The lowest BCUT2D eigenvalue weighted by atomic mass is 9.97. The van der Waals surface area contributed by atoms with E-state index in [4.69, 9.17) is 27.9 Å². The number of anilines is 1. The predicted octanol–water partition coefficient (Wildman–Crippen LogP) is 4.35. The molecule has 0 saturated carbocycles. The van der Waals surface area contributed by atoms with Crippen molar-refractivity contribution >= 4 is 50.8 Å². The van der Waals surface area contributed by atoms with Crippen LogP contribution in [0.1, 0.15) is 35.7 Å². The Bertz CT molecular complexity index is 1080. The molecule has 32 heavy (non-hydrogen) atoms. The van der Waals surface area contributed by atoms with Crippen molar-refractivity contribution in [2.75, 3.05) is 25.0 Å². The first-order valence-corrected chi connectivity index (χ1v) is 12.6. The zero-order valence-electron chi connectivity index (χ0n) is 17.5. The molecule has 1 fully saturated rings. The molecule has 2 aromatic carbocycles. The monoisotopic (exact) mass is 498 g/mol. The molecule has 0 unspecified atom stereocenters. The Morgan fingerprint density at radius 1 is 1.06 bits per heavy atom. The molecular formula is C22H24Cl2N2O5S. The third kappa shape index (κ3) is 5.81. The average molecular weight is 499 g/mol. The molecular weight excluding hydrogens is 475 g/mol. The van der Waals surface area contributed by atoms with Gasteiger partial charge in [-0.15, -0.1) is 0 Å². The molecule has 2 aromatic rings. The van der Waals surface area contributed by atoms with E-state index in [2.05, 4.69) is 5.32 Å². The van der Waals surface area contributed by atoms with E-state index in [9.17, 15) is 18.0 Å². The van der Waals surface area contributed by atoms with Gasteiger partial charge in [-0.2, -0.15) is 0 Å². The number of nitrogens with one attached hydrogen (secondary N) is 1. The normalized spacial score (nSPS) is 15.3. The van der Waals surface area contributed by atoms with Crippen LogP contribution in [0.5, 0.6) is 0 Å². The van der Waals surface area contributed by atoms with Crippen LogP contribution in [0.25, 0.3) is 0 Å². The second-order valence-electron chi connectivity index (χ2n) is 7.39. The summed E-state index contributed by atoms with van der Waals surface area (Å²) in [4.78, 5) is 24.9. The average Bonchev–Trinajstić information content (AvgIpc) is 2.77. The molecule has 7 nitrogen and oxygen atoms in total. The molecule has 3 rings (SSSR count). The van der Waals surface area contributed by atoms with Crippen molar-refractivity contribution in [1.82, 2.24) is 4.31 Å². The number of carbonyl (C=O) groups is 2. The Balaban J connectivity index is 1.62. The number of ether oxygens (including phenoxy) is 1. The standard InChI is InChI=1S/C22H24Cl2N2O5S/c1-2-31-22(28)16-6-3-4-9-20(16)25-21(27)15-10-12-26(13-11-15)32(29,30)14-17-18(23)7-5-8-19(17)24/h3-9,15H,2,10-14H2,1H3,(H,25,27). The number of amides is 1. The molecule has 0 spiro atoms. The maximum Gasteiger partial charge on any atom is 0.340 e. The summed E-state index contributed by atoms with van der Waals surface area (Å²) in [5, 5.41) is 3.39. The first kappa shape index (κ1) is 24.5. The second kappa shape index (κ2) is 10.7. The summed E-state index contributed by atoms with van der Waals surface area (Å²) in [6.07, 6.45) is 0.728. The number of hydrogen-bond donors (Lipinski definition) is 1. The second-order valence-corrected chi connectivity index (χ2v) is 10.2. The highest BCUT2D eigenvalue weighted by molar-refractivity contribution is 7.88. The van der Waals surface area contributed by atoms with Crippen molar-refractivity contribution in [3.8, 4) is 0 Å². The van der Waals surface area contributed by atoms with E-state index in [0.29, 0.717) is 34.1 Å². The molecule has 1 amide bonds. The number of sulfonamides is 1. The summed E-state index contributed by atoms with van der Waals surface area (Å²) in [6, 6.07) is 11.5. The third-order valence-electron chi connectivity index (χ3n) is 5.29. The summed E-state index contributed by atoms with van der Waals surface area (Å²) in [7, 11) is -3.64. The van der Waals surface area contributed by atoms with Crippen LogP contribution < -0.4 is 5.32 Å². The first-order chi connectivity index (χ1) is 15.2. The molecule has 1 aliphatic heterocycles. The number of nitrogens with zero attached hydrogens (tertiary/aromatic N) is 1. The van der Waals surface area contributed by atoms with E-state index < -0.39 is 16.0 Å². The van der Waals surface area contributed by atoms with Crippen molar-refractivity contribution in [1.29, 1.82) is 0 Å². The van der Waals surface area contributed by atoms with Gasteiger partial charge in [-0.25, -0.2) is 17.5 Å². The summed E-state index contributed by atoms with van der Waals surface area (Å²) in [5.74, 6) is -1.44.